The Bertz CT molecular complexity index is 558. The number of carboxylic acid groups (broad SMARTS) is 1. The number of nitrogens with one attached hydrogen (secondary N) is 1. The van der Waals surface area contributed by atoms with E-state index in [0.29, 0.717) is 17.9 Å². The van der Waals surface area contributed by atoms with Gasteiger partial charge in [-0.15, -0.1) is 0 Å². The molecule has 2 rings (SSSR count). The molecule has 0 aromatic carbocycles. The smallest absolute Gasteiger partial charge is 0.137 e. The van der Waals surface area contributed by atoms with E-state index in [1.807, 2.05) is 22.7 Å². The third kappa shape index (κ3) is 2.22. The Morgan fingerprint density at radius 2 is 2.11 bits per heavy atom. The fourth-order valence-corrected chi connectivity index (χ4v) is 2.12. The summed E-state index contributed by atoms with van der Waals surface area (Å²) in [5.74, 6) is -1.21. The summed E-state index contributed by atoms with van der Waals surface area (Å²) in [4.78, 5) is 16.6. The van der Waals surface area contributed by atoms with Crippen LogP contribution in [0.25, 0.3) is 5.65 Å². The van der Waals surface area contributed by atoms with Gasteiger partial charge in [-0.2, -0.15) is 0 Å². The second kappa shape index (κ2) is 5.18. The molecule has 2 aromatic rings. The monoisotopic (exact) mass is 247 g/mol. The van der Waals surface area contributed by atoms with E-state index in [0.717, 1.165) is 13.1 Å². The van der Waals surface area contributed by atoms with Crippen molar-refractivity contribution in [3.8, 4) is 0 Å². The summed E-state index contributed by atoms with van der Waals surface area (Å²) in [6, 6.07) is 5.51. The Balaban J connectivity index is 2.51. The molecule has 0 atom stereocenters. The van der Waals surface area contributed by atoms with Gasteiger partial charge < -0.3 is 14.8 Å². The van der Waals surface area contributed by atoms with E-state index in [9.17, 15) is 9.90 Å². The van der Waals surface area contributed by atoms with Gasteiger partial charge >= 0.3 is 0 Å². The van der Waals surface area contributed by atoms with Gasteiger partial charge in [-0.3, -0.25) is 4.40 Å². The van der Waals surface area contributed by atoms with Crippen molar-refractivity contribution in [2.24, 2.45) is 0 Å². The normalized spacial score (nSPS) is 11.3. The maximum absolute atomic E-state index is 11.2. The molecule has 0 fully saturated rings. The molecule has 0 aliphatic heterocycles. The molecule has 5 nitrogen and oxygen atoms in total. The first-order valence-electron chi connectivity index (χ1n) is 6.18. The maximum atomic E-state index is 11.2. The van der Waals surface area contributed by atoms with Crippen LogP contribution in [0.3, 0.4) is 0 Å². The van der Waals surface area contributed by atoms with E-state index in [-0.39, 0.29) is 5.69 Å². The molecule has 0 amide bonds. The summed E-state index contributed by atoms with van der Waals surface area (Å²) in [6.07, 6.45) is 1.84. The van der Waals surface area contributed by atoms with Gasteiger partial charge in [0.2, 0.25) is 0 Å². The lowest BCUT2D eigenvalue weighted by Crippen LogP contribution is -3.10. The van der Waals surface area contributed by atoms with Gasteiger partial charge in [0.25, 0.3) is 0 Å². The zero-order valence-corrected chi connectivity index (χ0v) is 10.6. The van der Waals surface area contributed by atoms with Crippen LogP contribution in [0.4, 0.5) is 0 Å². The van der Waals surface area contributed by atoms with Crippen LogP contribution in [0.5, 0.6) is 0 Å². The third-order valence-electron chi connectivity index (χ3n) is 3.24. The summed E-state index contributed by atoms with van der Waals surface area (Å²) in [6.45, 7) is 6.70. The van der Waals surface area contributed by atoms with Crippen LogP contribution in [0.15, 0.2) is 24.4 Å². The zero-order valence-electron chi connectivity index (χ0n) is 10.6. The van der Waals surface area contributed by atoms with Gasteiger partial charge in [0.15, 0.2) is 0 Å². The number of carbonyl (C=O) groups is 1. The lowest BCUT2D eigenvalue weighted by Gasteiger charge is -2.16. The van der Waals surface area contributed by atoms with Crippen molar-refractivity contribution in [1.82, 2.24) is 9.38 Å². The minimum absolute atomic E-state index is 0.0561. The van der Waals surface area contributed by atoms with E-state index in [1.165, 1.54) is 4.90 Å². The number of fused-ring (bicyclic) bond motifs is 1. The number of rotatable bonds is 5. The summed E-state index contributed by atoms with van der Waals surface area (Å²) < 4.78 is 1.83. The van der Waals surface area contributed by atoms with E-state index < -0.39 is 5.97 Å². The summed E-state index contributed by atoms with van der Waals surface area (Å²) in [5.41, 5.74) is 1.42. The Morgan fingerprint density at radius 3 is 2.72 bits per heavy atom. The van der Waals surface area contributed by atoms with Crippen LogP contribution in [0.1, 0.15) is 30.0 Å². The molecule has 2 heterocycles. The number of carboxylic acids is 1. The van der Waals surface area contributed by atoms with E-state index in [4.69, 9.17) is 0 Å². The Labute approximate surface area is 106 Å². The molecule has 5 heteroatoms. The van der Waals surface area contributed by atoms with Gasteiger partial charge in [0.1, 0.15) is 23.6 Å². The molecule has 18 heavy (non-hydrogen) atoms. The SMILES string of the molecule is CC[NH+](CC)Cc1c(C(=O)[O-])nc2ccccn12. The number of hydrogen-bond donors (Lipinski definition) is 1. The van der Waals surface area contributed by atoms with Crippen LogP contribution in [-0.4, -0.2) is 28.4 Å². The third-order valence-corrected chi connectivity index (χ3v) is 3.24. The Kier molecular flexibility index (Phi) is 3.62. The molecule has 0 saturated carbocycles. The van der Waals surface area contributed by atoms with Gasteiger partial charge in [-0.1, -0.05) is 6.07 Å². The number of quaternary nitrogens is 1. The minimum Gasteiger partial charge on any atom is -0.543 e. The molecule has 96 valence electrons. The van der Waals surface area contributed by atoms with Gasteiger partial charge in [0, 0.05) is 6.20 Å². The van der Waals surface area contributed by atoms with Crippen LogP contribution in [0.2, 0.25) is 0 Å². The molecule has 2 aromatic heterocycles. The molecule has 0 aliphatic rings. The summed E-state index contributed by atoms with van der Waals surface area (Å²) in [5, 5.41) is 11.2. The Hall–Kier alpha value is -1.88. The fraction of sp³-hybridized carbons (Fsp3) is 0.385. The number of nitrogens with zero attached hydrogens (tertiary/aromatic N) is 2. The highest BCUT2D eigenvalue weighted by Crippen LogP contribution is 2.11. The molecular weight excluding hydrogens is 230 g/mol. The zero-order chi connectivity index (χ0) is 13.1. The number of carbonyl (C=O) groups excluding carboxylic acids is 1. The number of aromatic carboxylic acids is 1. The standard InChI is InChI=1S/C13H17N3O2/c1-3-15(4-2)9-10-12(13(17)18)14-11-7-5-6-8-16(10)11/h5-8H,3-4,9H2,1-2H3,(H,17,18). The Morgan fingerprint density at radius 1 is 1.39 bits per heavy atom. The van der Waals surface area contributed by atoms with Crippen molar-refractivity contribution in [2.45, 2.75) is 20.4 Å². The summed E-state index contributed by atoms with van der Waals surface area (Å²) in [7, 11) is 0. The predicted octanol–water partition coefficient (Wildman–Crippen LogP) is -0.877. The van der Waals surface area contributed by atoms with Crippen LogP contribution in [-0.2, 0) is 6.54 Å². The van der Waals surface area contributed by atoms with Gasteiger partial charge in [0.05, 0.1) is 19.1 Å². The first-order valence-corrected chi connectivity index (χ1v) is 6.18. The highest BCUT2D eigenvalue weighted by atomic mass is 16.4. The van der Waals surface area contributed by atoms with Crippen molar-refractivity contribution in [3.05, 3.63) is 35.8 Å². The van der Waals surface area contributed by atoms with Crippen molar-refractivity contribution in [1.29, 1.82) is 0 Å². The largest absolute Gasteiger partial charge is 0.543 e. The molecule has 0 saturated heterocycles. The molecule has 1 N–H and O–H groups in total. The molecule has 0 bridgehead atoms. The lowest BCUT2D eigenvalue weighted by molar-refractivity contribution is -0.910. The van der Waals surface area contributed by atoms with Crippen LogP contribution >= 0.6 is 0 Å². The van der Waals surface area contributed by atoms with E-state index in [2.05, 4.69) is 18.8 Å². The number of hydrogen-bond acceptors (Lipinski definition) is 3. The van der Waals surface area contributed by atoms with Gasteiger partial charge in [-0.25, -0.2) is 4.98 Å². The molecule has 0 aliphatic carbocycles. The first kappa shape index (κ1) is 12.6. The second-order valence-electron chi connectivity index (χ2n) is 4.26. The second-order valence-corrected chi connectivity index (χ2v) is 4.26. The molecular formula is C13H17N3O2. The highest BCUT2D eigenvalue weighted by molar-refractivity contribution is 5.86. The lowest BCUT2D eigenvalue weighted by atomic mass is 10.3. The highest BCUT2D eigenvalue weighted by Gasteiger charge is 2.16. The predicted molar refractivity (Wildman–Crippen MR) is 65.3 cm³/mol. The molecule has 0 unspecified atom stereocenters. The first-order chi connectivity index (χ1) is 8.67. The summed E-state index contributed by atoms with van der Waals surface area (Å²) >= 11 is 0. The maximum Gasteiger partial charge on any atom is 0.137 e. The van der Waals surface area contributed by atoms with Crippen molar-refractivity contribution >= 4 is 11.6 Å². The van der Waals surface area contributed by atoms with Crippen LogP contribution < -0.4 is 10.0 Å². The molecule has 0 radical (unpaired) electrons. The number of pyridine rings is 1. The fourth-order valence-electron chi connectivity index (χ4n) is 2.12. The van der Waals surface area contributed by atoms with Crippen molar-refractivity contribution in [2.75, 3.05) is 13.1 Å². The van der Waals surface area contributed by atoms with Crippen LogP contribution in [0, 0.1) is 0 Å². The topological polar surface area (TPSA) is 61.9 Å². The quantitative estimate of drug-likeness (QED) is 0.746. The van der Waals surface area contributed by atoms with Crippen molar-refractivity contribution in [3.63, 3.8) is 0 Å². The number of imidazole rings is 1. The average molecular weight is 247 g/mol. The minimum atomic E-state index is -1.21. The van der Waals surface area contributed by atoms with Gasteiger partial charge in [-0.05, 0) is 26.0 Å². The van der Waals surface area contributed by atoms with E-state index in [1.54, 1.807) is 6.07 Å². The van der Waals surface area contributed by atoms with E-state index >= 15 is 0 Å². The number of aromatic nitrogens is 2. The molecule has 0 spiro atoms. The average Bonchev–Trinajstić information content (AvgIpc) is 2.75. The van der Waals surface area contributed by atoms with Crippen molar-refractivity contribution < 1.29 is 14.8 Å².